The molecule has 0 amide bonds. The van der Waals surface area contributed by atoms with Crippen LogP contribution in [0.4, 0.5) is 17.3 Å². The zero-order valence-electron chi connectivity index (χ0n) is 18.6. The molecule has 1 aromatic carbocycles. The summed E-state index contributed by atoms with van der Waals surface area (Å²) in [6.45, 7) is 9.33. The van der Waals surface area contributed by atoms with E-state index in [0.717, 1.165) is 76.0 Å². The van der Waals surface area contributed by atoms with Crippen molar-refractivity contribution >= 4 is 28.9 Å². The average molecular weight is 452 g/mol. The van der Waals surface area contributed by atoms with Crippen molar-refractivity contribution < 1.29 is 0 Å². The Labute approximate surface area is 195 Å². The molecule has 0 radical (unpaired) electrons. The largest absolute Gasteiger partial charge is 0.368 e. The van der Waals surface area contributed by atoms with Crippen LogP contribution in [0.15, 0.2) is 30.3 Å². The molecule has 3 fully saturated rings. The maximum absolute atomic E-state index is 9.16. The third kappa shape index (κ3) is 4.10. The van der Waals surface area contributed by atoms with Gasteiger partial charge in [-0.15, -0.1) is 10.2 Å². The second-order valence-corrected chi connectivity index (χ2v) is 9.84. The van der Waals surface area contributed by atoms with Crippen LogP contribution in [0.25, 0.3) is 0 Å². The predicted octanol–water partition coefficient (Wildman–Crippen LogP) is 3.30. The number of nitrogens with one attached hydrogen (secondary N) is 1. The summed E-state index contributed by atoms with van der Waals surface area (Å²) in [6.07, 6.45) is 3.49. The van der Waals surface area contributed by atoms with Gasteiger partial charge in [0.05, 0.1) is 10.6 Å². The Bertz CT molecular complexity index is 988. The number of hydrogen-bond acceptors (Lipinski definition) is 7. The average Bonchev–Trinajstić information content (AvgIpc) is 3.15. The second-order valence-electron chi connectivity index (χ2n) is 9.43. The molecule has 3 saturated heterocycles. The first kappa shape index (κ1) is 21.3. The standard InChI is InChI=1S/C24H30ClN7/c1-18-15-24(17-32(18)20-3-2-19(16-26)21(25)14-20)6-10-30(11-7-24)22-4-5-23(29-28-22)31-12-8-27-9-13-31/h2-5,14,18,27H,6-13,15,17H2,1H3/t18-/m0/s1. The Kier molecular flexibility index (Phi) is 5.83. The number of rotatable bonds is 3. The highest BCUT2D eigenvalue weighted by molar-refractivity contribution is 6.32. The minimum atomic E-state index is 0.324. The molecule has 1 atom stereocenters. The summed E-state index contributed by atoms with van der Waals surface area (Å²) in [5, 5.41) is 22.1. The number of piperidine rings is 1. The summed E-state index contributed by atoms with van der Waals surface area (Å²) in [5.41, 5.74) is 1.98. The molecule has 1 N–H and O–H groups in total. The van der Waals surface area contributed by atoms with E-state index in [-0.39, 0.29) is 0 Å². The van der Waals surface area contributed by atoms with Crippen LogP contribution >= 0.6 is 11.6 Å². The Hall–Kier alpha value is -2.56. The Morgan fingerprint density at radius 1 is 1.03 bits per heavy atom. The maximum atomic E-state index is 9.16. The van der Waals surface area contributed by atoms with Crippen molar-refractivity contribution in [2.75, 3.05) is 60.5 Å². The fraction of sp³-hybridized carbons (Fsp3) is 0.542. The number of halogens is 1. The molecule has 168 valence electrons. The Morgan fingerprint density at radius 2 is 1.69 bits per heavy atom. The van der Waals surface area contributed by atoms with Gasteiger partial charge in [0.1, 0.15) is 6.07 Å². The van der Waals surface area contributed by atoms with Crippen molar-refractivity contribution in [2.45, 2.75) is 32.2 Å². The van der Waals surface area contributed by atoms with E-state index in [9.17, 15) is 0 Å². The van der Waals surface area contributed by atoms with Crippen molar-refractivity contribution in [3.05, 3.63) is 40.9 Å². The van der Waals surface area contributed by atoms with E-state index in [2.05, 4.69) is 55.3 Å². The zero-order valence-corrected chi connectivity index (χ0v) is 19.4. The molecule has 5 rings (SSSR count). The normalized spacial score (nSPS) is 22.9. The van der Waals surface area contributed by atoms with Gasteiger partial charge >= 0.3 is 0 Å². The van der Waals surface area contributed by atoms with Crippen molar-refractivity contribution in [1.82, 2.24) is 15.5 Å². The molecule has 2 aromatic rings. The Balaban J connectivity index is 1.22. The SMILES string of the molecule is C[C@H]1CC2(CCN(c3ccc(N4CCNCC4)nn3)CC2)CN1c1ccc(C#N)c(Cl)c1. The lowest BCUT2D eigenvalue weighted by Crippen LogP contribution is -2.44. The van der Waals surface area contributed by atoms with E-state index in [1.165, 1.54) is 6.42 Å². The third-order valence-corrected chi connectivity index (χ3v) is 7.71. The molecule has 0 unspecified atom stereocenters. The van der Waals surface area contributed by atoms with E-state index >= 15 is 0 Å². The number of nitrogens with zero attached hydrogens (tertiary/aromatic N) is 6. The monoisotopic (exact) mass is 451 g/mol. The summed E-state index contributed by atoms with van der Waals surface area (Å²) in [4.78, 5) is 7.14. The molecule has 0 saturated carbocycles. The molecular formula is C24H30ClN7. The van der Waals surface area contributed by atoms with Crippen molar-refractivity contribution in [3.8, 4) is 6.07 Å². The molecule has 4 heterocycles. The molecule has 7 nitrogen and oxygen atoms in total. The topological polar surface area (TPSA) is 71.3 Å². The summed E-state index contributed by atoms with van der Waals surface area (Å²) in [5.74, 6) is 1.96. The summed E-state index contributed by atoms with van der Waals surface area (Å²) >= 11 is 6.31. The molecular weight excluding hydrogens is 422 g/mol. The first-order valence-corrected chi connectivity index (χ1v) is 12.0. The van der Waals surface area contributed by atoms with Crippen LogP contribution in [0.2, 0.25) is 5.02 Å². The highest BCUT2D eigenvalue weighted by atomic mass is 35.5. The predicted molar refractivity (Wildman–Crippen MR) is 129 cm³/mol. The fourth-order valence-electron chi connectivity index (χ4n) is 5.56. The van der Waals surface area contributed by atoms with E-state index < -0.39 is 0 Å². The highest BCUT2D eigenvalue weighted by Gasteiger charge is 2.44. The van der Waals surface area contributed by atoms with Crippen LogP contribution < -0.4 is 20.0 Å². The maximum Gasteiger partial charge on any atom is 0.151 e. The fourth-order valence-corrected chi connectivity index (χ4v) is 5.78. The van der Waals surface area contributed by atoms with Crippen molar-refractivity contribution in [1.29, 1.82) is 5.26 Å². The van der Waals surface area contributed by atoms with E-state index in [1.54, 1.807) is 0 Å². The number of aromatic nitrogens is 2. The molecule has 1 aromatic heterocycles. The molecule has 1 spiro atoms. The first-order valence-electron chi connectivity index (χ1n) is 11.6. The molecule has 3 aliphatic rings. The van der Waals surface area contributed by atoms with Gasteiger partial charge in [-0.3, -0.25) is 0 Å². The lowest BCUT2D eigenvalue weighted by atomic mass is 9.77. The van der Waals surface area contributed by atoms with Gasteiger partial charge in [-0.05, 0) is 61.9 Å². The molecule has 3 aliphatic heterocycles. The molecule has 32 heavy (non-hydrogen) atoms. The van der Waals surface area contributed by atoms with Crippen LogP contribution in [-0.4, -0.2) is 62.1 Å². The van der Waals surface area contributed by atoms with Gasteiger partial charge in [-0.1, -0.05) is 11.6 Å². The van der Waals surface area contributed by atoms with E-state index in [1.807, 2.05) is 18.2 Å². The lowest BCUT2D eigenvalue weighted by molar-refractivity contribution is 0.244. The third-order valence-electron chi connectivity index (χ3n) is 7.40. The van der Waals surface area contributed by atoms with Gasteiger partial charge in [0.25, 0.3) is 0 Å². The molecule has 0 bridgehead atoms. The second kappa shape index (κ2) is 8.76. The molecule has 0 aliphatic carbocycles. The van der Waals surface area contributed by atoms with Crippen LogP contribution in [0, 0.1) is 16.7 Å². The molecule has 8 heteroatoms. The smallest absolute Gasteiger partial charge is 0.151 e. The van der Waals surface area contributed by atoms with Crippen molar-refractivity contribution in [2.24, 2.45) is 5.41 Å². The van der Waals surface area contributed by atoms with Gasteiger partial charge in [0.2, 0.25) is 0 Å². The number of anilines is 3. The van der Waals surface area contributed by atoms with Gasteiger partial charge in [0.15, 0.2) is 11.6 Å². The van der Waals surface area contributed by atoms with Gasteiger partial charge in [0, 0.05) is 57.5 Å². The van der Waals surface area contributed by atoms with Crippen LogP contribution in [0.1, 0.15) is 31.7 Å². The minimum absolute atomic E-state index is 0.324. The first-order chi connectivity index (χ1) is 15.6. The van der Waals surface area contributed by atoms with Gasteiger partial charge in [-0.25, -0.2) is 0 Å². The quantitative estimate of drug-likeness (QED) is 0.767. The van der Waals surface area contributed by atoms with Gasteiger partial charge < -0.3 is 20.0 Å². The van der Waals surface area contributed by atoms with Gasteiger partial charge in [-0.2, -0.15) is 5.26 Å². The Morgan fingerprint density at radius 3 is 2.28 bits per heavy atom. The van der Waals surface area contributed by atoms with E-state index in [4.69, 9.17) is 16.9 Å². The summed E-state index contributed by atoms with van der Waals surface area (Å²) in [7, 11) is 0. The number of benzene rings is 1. The number of hydrogen-bond donors (Lipinski definition) is 1. The van der Waals surface area contributed by atoms with Crippen LogP contribution in [0.3, 0.4) is 0 Å². The van der Waals surface area contributed by atoms with E-state index in [0.29, 0.717) is 22.0 Å². The lowest BCUT2D eigenvalue weighted by Gasteiger charge is -2.39. The summed E-state index contributed by atoms with van der Waals surface area (Å²) < 4.78 is 0. The highest BCUT2D eigenvalue weighted by Crippen LogP contribution is 2.45. The minimum Gasteiger partial charge on any atom is -0.368 e. The van der Waals surface area contributed by atoms with Crippen molar-refractivity contribution in [3.63, 3.8) is 0 Å². The number of nitriles is 1. The number of piperazine rings is 1. The summed E-state index contributed by atoms with van der Waals surface area (Å²) in [6, 6.07) is 12.7. The zero-order chi connectivity index (χ0) is 22.1. The van der Waals surface area contributed by atoms with Crippen LogP contribution in [0.5, 0.6) is 0 Å². The van der Waals surface area contributed by atoms with Crippen LogP contribution in [-0.2, 0) is 0 Å².